The largest absolute Gasteiger partial charge is 0.356 e. The Morgan fingerprint density at radius 3 is 2.40 bits per heavy atom. The molecule has 0 saturated carbocycles. The first-order valence-electron chi connectivity index (χ1n) is 9.24. The summed E-state index contributed by atoms with van der Waals surface area (Å²) in [5.74, 6) is 1.20. The molecule has 1 heterocycles. The van der Waals surface area contributed by atoms with Gasteiger partial charge in [-0.1, -0.05) is 38.5 Å². The standard InChI is InChI=1S/C18H33N5OS/c1-6-8-10-23(11-9-7-2)16-12-15(5)19-18(20-16)25-13-17(24)22-21-14(3)4/h12,14,21H,6-11,13H2,1-5H3,(H,22,24). The lowest BCUT2D eigenvalue weighted by Crippen LogP contribution is -2.42. The SMILES string of the molecule is CCCCN(CCCC)c1cc(C)nc(SCC(=O)NNC(C)C)n1. The average molecular weight is 368 g/mol. The third kappa shape index (κ3) is 9.07. The fourth-order valence-electron chi connectivity index (χ4n) is 2.18. The molecule has 1 aromatic rings. The maximum atomic E-state index is 11.8. The van der Waals surface area contributed by atoms with Crippen molar-refractivity contribution in [2.75, 3.05) is 23.7 Å². The highest BCUT2D eigenvalue weighted by molar-refractivity contribution is 7.99. The van der Waals surface area contributed by atoms with E-state index in [4.69, 9.17) is 0 Å². The number of hydrogen-bond donors (Lipinski definition) is 2. The van der Waals surface area contributed by atoms with Crippen LogP contribution in [-0.2, 0) is 4.79 Å². The second kappa shape index (κ2) is 12.1. The van der Waals surface area contributed by atoms with Crippen LogP contribution in [0, 0.1) is 6.92 Å². The molecule has 7 heteroatoms. The number of aryl methyl sites for hydroxylation is 1. The van der Waals surface area contributed by atoms with E-state index in [1.54, 1.807) is 0 Å². The summed E-state index contributed by atoms with van der Waals surface area (Å²) in [6.45, 7) is 12.4. The molecule has 142 valence electrons. The van der Waals surface area contributed by atoms with Gasteiger partial charge < -0.3 is 4.90 Å². The van der Waals surface area contributed by atoms with Gasteiger partial charge in [-0.05, 0) is 33.6 Å². The topological polar surface area (TPSA) is 70.2 Å². The first kappa shape index (κ1) is 21.7. The lowest BCUT2D eigenvalue weighted by Gasteiger charge is -2.24. The van der Waals surface area contributed by atoms with E-state index in [1.165, 1.54) is 11.8 Å². The Balaban J connectivity index is 2.73. The van der Waals surface area contributed by atoms with Gasteiger partial charge in [-0.25, -0.2) is 15.4 Å². The van der Waals surface area contributed by atoms with E-state index in [0.29, 0.717) is 10.9 Å². The molecule has 2 N–H and O–H groups in total. The molecular weight excluding hydrogens is 334 g/mol. The van der Waals surface area contributed by atoms with Crippen molar-refractivity contribution >= 4 is 23.5 Å². The van der Waals surface area contributed by atoms with Crippen LogP contribution in [0.4, 0.5) is 5.82 Å². The predicted octanol–water partition coefficient (Wildman–Crippen LogP) is 3.31. The smallest absolute Gasteiger partial charge is 0.244 e. The summed E-state index contributed by atoms with van der Waals surface area (Å²) in [5, 5.41) is 0.660. The highest BCUT2D eigenvalue weighted by atomic mass is 32.2. The Bertz CT molecular complexity index is 516. The maximum Gasteiger partial charge on any atom is 0.244 e. The second-order valence-corrected chi connectivity index (χ2v) is 7.42. The lowest BCUT2D eigenvalue weighted by molar-refractivity contribution is -0.119. The Labute approximate surface area is 156 Å². The van der Waals surface area contributed by atoms with Gasteiger partial charge in [-0.3, -0.25) is 10.2 Å². The molecular formula is C18H33N5OS. The number of aromatic nitrogens is 2. The van der Waals surface area contributed by atoms with Crippen molar-refractivity contribution in [1.82, 2.24) is 20.8 Å². The van der Waals surface area contributed by atoms with Gasteiger partial charge in [0.1, 0.15) is 5.82 Å². The minimum Gasteiger partial charge on any atom is -0.356 e. The van der Waals surface area contributed by atoms with Crippen LogP contribution in [0.15, 0.2) is 11.2 Å². The first-order valence-corrected chi connectivity index (χ1v) is 10.2. The van der Waals surface area contributed by atoms with Gasteiger partial charge in [0, 0.05) is 30.9 Å². The summed E-state index contributed by atoms with van der Waals surface area (Å²) >= 11 is 1.37. The quantitative estimate of drug-likeness (QED) is 0.335. The highest BCUT2D eigenvalue weighted by Gasteiger charge is 2.12. The van der Waals surface area contributed by atoms with Crippen LogP contribution in [0.2, 0.25) is 0 Å². The Morgan fingerprint density at radius 2 is 1.84 bits per heavy atom. The zero-order valence-electron chi connectivity index (χ0n) is 16.3. The maximum absolute atomic E-state index is 11.8. The van der Waals surface area contributed by atoms with Gasteiger partial charge in [-0.2, -0.15) is 0 Å². The number of unbranched alkanes of at least 4 members (excludes halogenated alkanes) is 2. The van der Waals surface area contributed by atoms with Crippen LogP contribution in [0.1, 0.15) is 59.1 Å². The van der Waals surface area contributed by atoms with E-state index in [-0.39, 0.29) is 11.9 Å². The van der Waals surface area contributed by atoms with E-state index in [0.717, 1.165) is 50.3 Å². The molecule has 0 aliphatic carbocycles. The molecule has 0 atom stereocenters. The molecule has 0 spiro atoms. The van der Waals surface area contributed by atoms with Crippen LogP contribution in [0.25, 0.3) is 0 Å². The Morgan fingerprint density at radius 1 is 1.20 bits per heavy atom. The van der Waals surface area contributed by atoms with Crippen molar-refractivity contribution in [3.63, 3.8) is 0 Å². The number of hydrazine groups is 1. The van der Waals surface area contributed by atoms with Crippen LogP contribution in [0.5, 0.6) is 0 Å². The van der Waals surface area contributed by atoms with Crippen LogP contribution >= 0.6 is 11.8 Å². The fourth-order valence-corrected chi connectivity index (χ4v) is 2.88. The molecule has 1 amide bonds. The first-order chi connectivity index (χ1) is 12.0. The van der Waals surface area contributed by atoms with E-state index < -0.39 is 0 Å². The minimum absolute atomic E-state index is 0.0702. The number of thioether (sulfide) groups is 1. The molecule has 0 unspecified atom stereocenters. The summed E-state index contributed by atoms with van der Waals surface area (Å²) in [6.07, 6.45) is 4.63. The van der Waals surface area contributed by atoms with Gasteiger partial charge in [0.15, 0.2) is 5.16 Å². The molecule has 0 fully saturated rings. The van der Waals surface area contributed by atoms with Crippen molar-refractivity contribution in [2.24, 2.45) is 0 Å². The molecule has 0 aliphatic heterocycles. The summed E-state index contributed by atoms with van der Waals surface area (Å²) in [7, 11) is 0. The number of nitrogens with zero attached hydrogens (tertiary/aromatic N) is 3. The average Bonchev–Trinajstić information content (AvgIpc) is 2.57. The second-order valence-electron chi connectivity index (χ2n) is 6.48. The van der Waals surface area contributed by atoms with Crippen LogP contribution in [0.3, 0.4) is 0 Å². The molecule has 0 aliphatic rings. The van der Waals surface area contributed by atoms with Gasteiger partial charge >= 0.3 is 0 Å². The minimum atomic E-state index is -0.0702. The molecule has 0 aromatic carbocycles. The Kier molecular flexibility index (Phi) is 10.5. The van der Waals surface area contributed by atoms with Crippen LogP contribution < -0.4 is 15.8 Å². The van der Waals surface area contributed by atoms with E-state index >= 15 is 0 Å². The van der Waals surface area contributed by atoms with Crippen molar-refractivity contribution in [1.29, 1.82) is 0 Å². The molecule has 1 rings (SSSR count). The molecule has 1 aromatic heterocycles. The molecule has 6 nitrogen and oxygen atoms in total. The summed E-state index contributed by atoms with van der Waals surface area (Å²) < 4.78 is 0. The number of anilines is 1. The monoisotopic (exact) mass is 367 g/mol. The lowest BCUT2D eigenvalue weighted by atomic mass is 10.2. The molecule has 25 heavy (non-hydrogen) atoms. The van der Waals surface area contributed by atoms with Crippen LogP contribution in [-0.4, -0.2) is 40.8 Å². The zero-order chi connectivity index (χ0) is 18.7. The molecule has 0 radical (unpaired) electrons. The van der Waals surface area contributed by atoms with Gasteiger partial charge in [0.25, 0.3) is 0 Å². The molecule has 0 bridgehead atoms. The number of carbonyl (C=O) groups excluding carboxylic acids is 1. The number of amides is 1. The van der Waals surface area contributed by atoms with Gasteiger partial charge in [0.05, 0.1) is 5.75 Å². The van der Waals surface area contributed by atoms with Crippen molar-refractivity contribution in [3.8, 4) is 0 Å². The van der Waals surface area contributed by atoms with Crippen molar-refractivity contribution in [3.05, 3.63) is 11.8 Å². The number of carbonyl (C=O) groups is 1. The van der Waals surface area contributed by atoms with Gasteiger partial charge in [0.2, 0.25) is 5.91 Å². The van der Waals surface area contributed by atoms with E-state index in [2.05, 4.69) is 39.6 Å². The van der Waals surface area contributed by atoms with Gasteiger partial charge in [-0.15, -0.1) is 0 Å². The summed E-state index contributed by atoms with van der Waals surface area (Å²) in [6, 6.07) is 2.25. The highest BCUT2D eigenvalue weighted by Crippen LogP contribution is 2.20. The number of nitrogens with one attached hydrogen (secondary N) is 2. The molecule has 0 saturated heterocycles. The zero-order valence-corrected chi connectivity index (χ0v) is 17.1. The summed E-state index contributed by atoms with van der Waals surface area (Å²) in [4.78, 5) is 23.3. The number of hydrogen-bond acceptors (Lipinski definition) is 6. The third-order valence-corrected chi connectivity index (χ3v) is 4.39. The normalized spacial score (nSPS) is 11.0. The fraction of sp³-hybridized carbons (Fsp3) is 0.722. The third-order valence-electron chi connectivity index (χ3n) is 3.54. The summed E-state index contributed by atoms with van der Waals surface area (Å²) in [5.41, 5.74) is 6.53. The van der Waals surface area contributed by atoms with E-state index in [1.807, 2.05) is 26.8 Å². The number of rotatable bonds is 12. The Hall–Kier alpha value is -1.34. The van der Waals surface area contributed by atoms with Crippen molar-refractivity contribution < 1.29 is 4.79 Å². The predicted molar refractivity (Wildman–Crippen MR) is 106 cm³/mol. The van der Waals surface area contributed by atoms with Crippen molar-refractivity contribution in [2.45, 2.75) is 71.5 Å². The van der Waals surface area contributed by atoms with E-state index in [9.17, 15) is 4.79 Å².